The van der Waals surface area contributed by atoms with Crippen LogP contribution in [0.3, 0.4) is 0 Å². The lowest BCUT2D eigenvalue weighted by Crippen LogP contribution is -2.32. The predicted octanol–water partition coefficient (Wildman–Crippen LogP) is 6.25. The van der Waals surface area contributed by atoms with Crippen LogP contribution in [0.1, 0.15) is 6.92 Å². The number of amides is 2. The van der Waals surface area contributed by atoms with Crippen molar-refractivity contribution < 1.29 is 9.53 Å². The molecule has 2 aromatic carbocycles. The SMILES string of the molecule is COCC(C)Nc1nccc(N(C(=O)Nc2c(Cl)ccc(Cl)c2Cl)c2ccccc2)n1. The fourth-order valence-electron chi connectivity index (χ4n) is 2.79. The van der Waals surface area contributed by atoms with E-state index in [0.717, 1.165) is 0 Å². The molecule has 3 aromatic rings. The number of anilines is 4. The fraction of sp³-hybridized carbons (Fsp3) is 0.190. The van der Waals surface area contributed by atoms with Crippen molar-refractivity contribution in [3.8, 4) is 0 Å². The molecule has 0 radical (unpaired) electrons. The van der Waals surface area contributed by atoms with Crippen LogP contribution in [0, 0.1) is 0 Å². The van der Waals surface area contributed by atoms with Gasteiger partial charge in [0.15, 0.2) is 0 Å². The van der Waals surface area contributed by atoms with E-state index in [9.17, 15) is 4.79 Å². The van der Waals surface area contributed by atoms with E-state index in [1.807, 2.05) is 25.1 Å². The van der Waals surface area contributed by atoms with Gasteiger partial charge in [0.05, 0.1) is 33.0 Å². The summed E-state index contributed by atoms with van der Waals surface area (Å²) in [6.45, 7) is 2.41. The first-order valence-corrected chi connectivity index (χ1v) is 10.4. The van der Waals surface area contributed by atoms with Crippen molar-refractivity contribution in [2.24, 2.45) is 0 Å². The van der Waals surface area contributed by atoms with Gasteiger partial charge in [-0.1, -0.05) is 53.0 Å². The molecule has 3 rings (SSSR count). The minimum atomic E-state index is -0.521. The molecule has 2 amide bonds. The molecule has 0 saturated carbocycles. The number of para-hydroxylation sites is 1. The Kier molecular flexibility index (Phi) is 7.92. The van der Waals surface area contributed by atoms with Crippen LogP contribution >= 0.6 is 34.8 Å². The maximum atomic E-state index is 13.3. The van der Waals surface area contributed by atoms with E-state index in [-0.39, 0.29) is 26.8 Å². The van der Waals surface area contributed by atoms with Crippen LogP contribution < -0.4 is 15.5 Å². The third-order valence-electron chi connectivity index (χ3n) is 4.16. The lowest BCUT2D eigenvalue weighted by atomic mass is 10.3. The van der Waals surface area contributed by atoms with Crippen LogP contribution in [0.25, 0.3) is 0 Å². The maximum Gasteiger partial charge on any atom is 0.332 e. The molecule has 1 unspecified atom stereocenters. The van der Waals surface area contributed by atoms with Crippen molar-refractivity contribution in [3.63, 3.8) is 0 Å². The average molecular weight is 481 g/mol. The first kappa shape index (κ1) is 23.1. The van der Waals surface area contributed by atoms with Crippen molar-refractivity contribution in [1.29, 1.82) is 0 Å². The second kappa shape index (κ2) is 10.6. The van der Waals surface area contributed by atoms with Gasteiger partial charge >= 0.3 is 6.03 Å². The molecule has 31 heavy (non-hydrogen) atoms. The van der Waals surface area contributed by atoms with E-state index in [4.69, 9.17) is 39.5 Å². The largest absolute Gasteiger partial charge is 0.383 e. The molecule has 162 valence electrons. The van der Waals surface area contributed by atoms with E-state index < -0.39 is 6.03 Å². The number of urea groups is 1. The zero-order chi connectivity index (χ0) is 22.4. The van der Waals surface area contributed by atoms with Gasteiger partial charge in [-0.05, 0) is 31.2 Å². The highest BCUT2D eigenvalue weighted by Crippen LogP contribution is 2.37. The Balaban J connectivity index is 1.97. The van der Waals surface area contributed by atoms with Crippen molar-refractivity contribution in [3.05, 3.63) is 69.8 Å². The maximum absolute atomic E-state index is 13.3. The topological polar surface area (TPSA) is 79.4 Å². The van der Waals surface area contributed by atoms with Crippen molar-refractivity contribution >= 4 is 64.0 Å². The number of carbonyl (C=O) groups is 1. The van der Waals surface area contributed by atoms with Crippen LogP contribution in [0.2, 0.25) is 15.1 Å². The minimum absolute atomic E-state index is 0.0247. The summed E-state index contributed by atoms with van der Waals surface area (Å²) in [5.74, 6) is 0.703. The van der Waals surface area contributed by atoms with Crippen molar-refractivity contribution in [2.75, 3.05) is 29.3 Å². The molecule has 10 heteroatoms. The van der Waals surface area contributed by atoms with Crippen LogP contribution in [-0.2, 0) is 4.74 Å². The number of benzene rings is 2. The molecular formula is C21H20Cl3N5O2. The molecule has 0 aliphatic heterocycles. The summed E-state index contributed by atoms with van der Waals surface area (Å²) in [5, 5.41) is 6.55. The second-order valence-corrected chi connectivity index (χ2v) is 7.75. The van der Waals surface area contributed by atoms with Crippen LogP contribution in [0.4, 0.5) is 27.9 Å². The molecule has 1 atom stereocenters. The van der Waals surface area contributed by atoms with Crippen molar-refractivity contribution in [1.82, 2.24) is 9.97 Å². The Morgan fingerprint density at radius 2 is 1.81 bits per heavy atom. The number of methoxy groups -OCH3 is 1. The summed E-state index contributed by atoms with van der Waals surface area (Å²) < 4.78 is 5.13. The summed E-state index contributed by atoms with van der Waals surface area (Å²) in [6.07, 6.45) is 1.56. The van der Waals surface area contributed by atoms with E-state index in [2.05, 4.69) is 20.6 Å². The van der Waals surface area contributed by atoms with Gasteiger partial charge in [-0.3, -0.25) is 0 Å². The molecule has 0 spiro atoms. The molecule has 2 N–H and O–H groups in total. The average Bonchev–Trinajstić information content (AvgIpc) is 2.75. The molecule has 1 aromatic heterocycles. The Morgan fingerprint density at radius 1 is 1.10 bits per heavy atom. The van der Waals surface area contributed by atoms with E-state index in [0.29, 0.717) is 24.1 Å². The Morgan fingerprint density at radius 3 is 2.52 bits per heavy atom. The highest BCUT2D eigenvalue weighted by Gasteiger charge is 2.23. The Hall–Kier alpha value is -2.58. The quantitative estimate of drug-likeness (QED) is 0.391. The number of hydrogen-bond donors (Lipinski definition) is 2. The van der Waals surface area contributed by atoms with E-state index >= 15 is 0 Å². The Bertz CT molecular complexity index is 1050. The number of nitrogens with one attached hydrogen (secondary N) is 2. The highest BCUT2D eigenvalue weighted by molar-refractivity contribution is 6.46. The van der Waals surface area contributed by atoms with Crippen LogP contribution in [-0.4, -0.2) is 35.8 Å². The molecule has 0 fully saturated rings. The molecule has 7 nitrogen and oxygen atoms in total. The van der Waals surface area contributed by atoms with Gasteiger partial charge in [0.1, 0.15) is 5.82 Å². The molecule has 1 heterocycles. The number of carbonyl (C=O) groups excluding carboxylic acids is 1. The van der Waals surface area contributed by atoms with Gasteiger partial charge in [-0.2, -0.15) is 4.98 Å². The smallest absolute Gasteiger partial charge is 0.332 e. The zero-order valence-corrected chi connectivity index (χ0v) is 19.0. The van der Waals surface area contributed by atoms with E-state index in [1.165, 1.54) is 4.90 Å². The molecule has 0 bridgehead atoms. The van der Waals surface area contributed by atoms with Gasteiger partial charge in [-0.15, -0.1) is 0 Å². The highest BCUT2D eigenvalue weighted by atomic mass is 35.5. The molecular weight excluding hydrogens is 461 g/mol. The summed E-state index contributed by atoms with van der Waals surface area (Å²) in [6, 6.07) is 13.2. The molecule has 0 aliphatic carbocycles. The number of hydrogen-bond acceptors (Lipinski definition) is 5. The third kappa shape index (κ3) is 5.77. The summed E-state index contributed by atoms with van der Waals surface area (Å²) in [5.41, 5.74) is 0.798. The monoisotopic (exact) mass is 479 g/mol. The summed E-state index contributed by atoms with van der Waals surface area (Å²) in [4.78, 5) is 23.4. The molecule has 0 saturated heterocycles. The number of nitrogens with zero attached hydrogens (tertiary/aromatic N) is 3. The van der Waals surface area contributed by atoms with Gasteiger partial charge in [0.25, 0.3) is 0 Å². The number of rotatable bonds is 7. The van der Waals surface area contributed by atoms with Crippen LogP contribution in [0.5, 0.6) is 0 Å². The summed E-state index contributed by atoms with van der Waals surface area (Å²) >= 11 is 18.6. The first-order valence-electron chi connectivity index (χ1n) is 9.29. The zero-order valence-electron chi connectivity index (χ0n) is 16.8. The Labute approximate surface area is 195 Å². The molecule has 0 aliphatic rings. The summed E-state index contributed by atoms with van der Waals surface area (Å²) in [7, 11) is 1.61. The lowest BCUT2D eigenvalue weighted by molar-refractivity contribution is 0.190. The van der Waals surface area contributed by atoms with Gasteiger partial charge in [0, 0.05) is 25.4 Å². The number of aromatic nitrogens is 2. The fourth-order valence-corrected chi connectivity index (χ4v) is 3.41. The predicted molar refractivity (Wildman–Crippen MR) is 126 cm³/mol. The standard InChI is InChI=1S/C21H20Cl3N5O2/c1-13(12-31-2)26-20-25-11-10-17(27-20)29(14-6-4-3-5-7-14)21(30)28-19-16(23)9-8-15(22)18(19)24/h3-11,13H,12H2,1-2H3,(H,28,30)(H,25,26,27). The van der Waals surface area contributed by atoms with Gasteiger partial charge in [-0.25, -0.2) is 14.7 Å². The van der Waals surface area contributed by atoms with Gasteiger partial charge < -0.3 is 15.4 Å². The number of ether oxygens (including phenoxy) is 1. The number of halogens is 3. The van der Waals surface area contributed by atoms with E-state index in [1.54, 1.807) is 43.6 Å². The second-order valence-electron chi connectivity index (χ2n) is 6.56. The normalized spacial score (nSPS) is 11.6. The van der Waals surface area contributed by atoms with Gasteiger partial charge in [0.2, 0.25) is 5.95 Å². The van der Waals surface area contributed by atoms with Crippen molar-refractivity contribution in [2.45, 2.75) is 13.0 Å². The first-order chi connectivity index (χ1) is 14.9. The third-order valence-corrected chi connectivity index (χ3v) is 5.27. The minimum Gasteiger partial charge on any atom is -0.383 e. The van der Waals surface area contributed by atoms with Crippen LogP contribution in [0.15, 0.2) is 54.7 Å². The lowest BCUT2D eigenvalue weighted by Gasteiger charge is -2.23.